The molecular weight excluding hydrogens is 262 g/mol. The van der Waals surface area contributed by atoms with Crippen molar-refractivity contribution in [1.82, 2.24) is 15.1 Å². The van der Waals surface area contributed by atoms with Gasteiger partial charge in [0.1, 0.15) is 0 Å². The van der Waals surface area contributed by atoms with E-state index in [2.05, 4.69) is 60.1 Å². The van der Waals surface area contributed by atoms with Gasteiger partial charge in [0.05, 0.1) is 18.8 Å². The summed E-state index contributed by atoms with van der Waals surface area (Å²) in [6.07, 6.45) is 0. The summed E-state index contributed by atoms with van der Waals surface area (Å²) in [7, 11) is 1.72. The molecule has 0 aliphatic heterocycles. The average Bonchev–Trinajstić information content (AvgIpc) is 2.73. The Morgan fingerprint density at radius 1 is 1.14 bits per heavy atom. The minimum atomic E-state index is 0.732. The van der Waals surface area contributed by atoms with Crippen molar-refractivity contribution in [2.24, 2.45) is 0 Å². The maximum atomic E-state index is 5.05. The monoisotopic (exact) mass is 287 g/mol. The molecule has 21 heavy (non-hydrogen) atoms. The summed E-state index contributed by atoms with van der Waals surface area (Å²) < 4.78 is 7.14. The van der Waals surface area contributed by atoms with E-state index in [-0.39, 0.29) is 0 Å². The Morgan fingerprint density at radius 3 is 2.52 bits per heavy atom. The Kier molecular flexibility index (Phi) is 5.53. The number of ether oxygens (including phenoxy) is 1. The van der Waals surface area contributed by atoms with Crippen molar-refractivity contribution in [1.29, 1.82) is 0 Å². The first-order valence-electron chi connectivity index (χ1n) is 7.40. The third-order valence-electron chi connectivity index (χ3n) is 3.77. The zero-order valence-electron chi connectivity index (χ0n) is 13.4. The number of nitrogens with zero attached hydrogens (tertiary/aromatic N) is 2. The summed E-state index contributed by atoms with van der Waals surface area (Å²) in [5, 5.41) is 8.06. The smallest absolute Gasteiger partial charge is 0.0662 e. The SMILES string of the molecule is COCCNCc1c(C)nn(Cc2ccc(C)cc2)c1C. The van der Waals surface area contributed by atoms with Gasteiger partial charge in [-0.25, -0.2) is 0 Å². The molecule has 0 aliphatic carbocycles. The number of methoxy groups -OCH3 is 1. The number of aryl methyl sites for hydroxylation is 2. The molecule has 0 saturated carbocycles. The predicted octanol–water partition coefficient (Wildman–Crippen LogP) is 2.59. The molecule has 1 N–H and O–H groups in total. The van der Waals surface area contributed by atoms with Crippen LogP contribution in [0.4, 0.5) is 0 Å². The second-order valence-electron chi connectivity index (χ2n) is 5.46. The first-order chi connectivity index (χ1) is 10.1. The van der Waals surface area contributed by atoms with Gasteiger partial charge in [-0.3, -0.25) is 4.68 Å². The number of benzene rings is 1. The van der Waals surface area contributed by atoms with Crippen molar-refractivity contribution < 1.29 is 4.74 Å². The highest BCUT2D eigenvalue weighted by molar-refractivity contribution is 5.26. The third-order valence-corrected chi connectivity index (χ3v) is 3.77. The summed E-state index contributed by atoms with van der Waals surface area (Å²) in [4.78, 5) is 0. The van der Waals surface area contributed by atoms with Crippen LogP contribution in [-0.2, 0) is 17.8 Å². The molecule has 114 valence electrons. The van der Waals surface area contributed by atoms with Crippen LogP contribution in [0.1, 0.15) is 28.1 Å². The number of rotatable bonds is 7. The molecule has 4 heteroatoms. The van der Waals surface area contributed by atoms with Crippen LogP contribution in [0.3, 0.4) is 0 Å². The van der Waals surface area contributed by atoms with Crippen molar-refractivity contribution in [3.63, 3.8) is 0 Å². The standard InChI is InChI=1S/C17H25N3O/c1-13-5-7-16(8-6-13)12-20-15(3)17(14(2)19-20)11-18-9-10-21-4/h5-8,18H,9-12H2,1-4H3. The van der Waals surface area contributed by atoms with Crippen LogP contribution >= 0.6 is 0 Å². The largest absolute Gasteiger partial charge is 0.383 e. The molecular formula is C17H25N3O. The van der Waals surface area contributed by atoms with E-state index in [1.54, 1.807) is 7.11 Å². The molecule has 2 rings (SSSR count). The third kappa shape index (κ3) is 4.16. The van der Waals surface area contributed by atoms with Gasteiger partial charge in [0, 0.05) is 31.5 Å². The highest BCUT2D eigenvalue weighted by Gasteiger charge is 2.11. The molecule has 0 aliphatic rings. The van der Waals surface area contributed by atoms with Crippen LogP contribution in [-0.4, -0.2) is 30.0 Å². The molecule has 0 fully saturated rings. The number of hydrogen-bond donors (Lipinski definition) is 1. The fourth-order valence-electron chi connectivity index (χ4n) is 2.40. The first-order valence-corrected chi connectivity index (χ1v) is 7.40. The minimum absolute atomic E-state index is 0.732. The van der Waals surface area contributed by atoms with Crippen LogP contribution < -0.4 is 5.32 Å². The van der Waals surface area contributed by atoms with Gasteiger partial charge in [-0.2, -0.15) is 5.10 Å². The van der Waals surface area contributed by atoms with Crippen LogP contribution in [0.15, 0.2) is 24.3 Å². The maximum absolute atomic E-state index is 5.05. The fraction of sp³-hybridized carbons (Fsp3) is 0.471. The minimum Gasteiger partial charge on any atom is -0.383 e. The molecule has 0 saturated heterocycles. The second kappa shape index (κ2) is 7.38. The van der Waals surface area contributed by atoms with Gasteiger partial charge in [-0.05, 0) is 26.3 Å². The zero-order chi connectivity index (χ0) is 15.2. The van der Waals surface area contributed by atoms with E-state index >= 15 is 0 Å². The quantitative estimate of drug-likeness (QED) is 0.796. The highest BCUT2D eigenvalue weighted by Crippen LogP contribution is 2.15. The van der Waals surface area contributed by atoms with E-state index in [0.29, 0.717) is 0 Å². The lowest BCUT2D eigenvalue weighted by molar-refractivity contribution is 0.199. The number of nitrogens with one attached hydrogen (secondary N) is 1. The molecule has 1 aromatic carbocycles. The Morgan fingerprint density at radius 2 is 1.86 bits per heavy atom. The van der Waals surface area contributed by atoms with E-state index in [1.807, 2.05) is 0 Å². The molecule has 4 nitrogen and oxygen atoms in total. The van der Waals surface area contributed by atoms with E-state index < -0.39 is 0 Å². The molecule has 0 bridgehead atoms. The molecule has 0 unspecified atom stereocenters. The fourth-order valence-corrected chi connectivity index (χ4v) is 2.40. The van der Waals surface area contributed by atoms with Crippen molar-refractivity contribution in [3.05, 3.63) is 52.3 Å². The van der Waals surface area contributed by atoms with E-state index in [9.17, 15) is 0 Å². The van der Waals surface area contributed by atoms with E-state index in [0.717, 1.165) is 31.9 Å². The lowest BCUT2D eigenvalue weighted by Gasteiger charge is -2.07. The van der Waals surface area contributed by atoms with Crippen molar-refractivity contribution in [2.75, 3.05) is 20.3 Å². The number of hydrogen-bond acceptors (Lipinski definition) is 3. The Bertz CT molecular complexity index is 572. The van der Waals surface area contributed by atoms with Gasteiger partial charge >= 0.3 is 0 Å². The van der Waals surface area contributed by atoms with Gasteiger partial charge in [-0.1, -0.05) is 29.8 Å². The molecule has 2 aromatic rings. The lowest BCUT2D eigenvalue weighted by atomic mass is 10.1. The summed E-state index contributed by atoms with van der Waals surface area (Å²) in [5.41, 5.74) is 6.20. The summed E-state index contributed by atoms with van der Waals surface area (Å²) in [6.45, 7) is 9.58. The summed E-state index contributed by atoms with van der Waals surface area (Å²) in [5.74, 6) is 0. The van der Waals surface area contributed by atoms with Gasteiger partial charge in [0.2, 0.25) is 0 Å². The molecule has 0 atom stereocenters. The van der Waals surface area contributed by atoms with Gasteiger partial charge in [0.25, 0.3) is 0 Å². The molecule has 0 amide bonds. The first kappa shape index (κ1) is 15.7. The maximum Gasteiger partial charge on any atom is 0.0662 e. The molecule has 0 radical (unpaired) electrons. The number of aromatic nitrogens is 2. The van der Waals surface area contributed by atoms with E-state index in [4.69, 9.17) is 4.74 Å². The topological polar surface area (TPSA) is 39.1 Å². The molecule has 1 heterocycles. The van der Waals surface area contributed by atoms with E-state index in [1.165, 1.54) is 22.4 Å². The lowest BCUT2D eigenvalue weighted by Crippen LogP contribution is -2.19. The van der Waals surface area contributed by atoms with Crippen LogP contribution in [0, 0.1) is 20.8 Å². The van der Waals surface area contributed by atoms with Crippen molar-refractivity contribution in [2.45, 2.75) is 33.9 Å². The van der Waals surface area contributed by atoms with Crippen LogP contribution in [0.2, 0.25) is 0 Å². The van der Waals surface area contributed by atoms with Crippen molar-refractivity contribution >= 4 is 0 Å². The molecule has 1 aromatic heterocycles. The highest BCUT2D eigenvalue weighted by atomic mass is 16.5. The van der Waals surface area contributed by atoms with Crippen molar-refractivity contribution in [3.8, 4) is 0 Å². The Labute approximate surface area is 127 Å². The normalized spacial score (nSPS) is 11.0. The summed E-state index contributed by atoms with van der Waals surface area (Å²) in [6, 6.07) is 8.63. The Hall–Kier alpha value is -1.65. The predicted molar refractivity (Wildman–Crippen MR) is 85.6 cm³/mol. The van der Waals surface area contributed by atoms with Crippen LogP contribution in [0.25, 0.3) is 0 Å². The Balaban J connectivity index is 2.05. The van der Waals surface area contributed by atoms with Gasteiger partial charge < -0.3 is 10.1 Å². The average molecular weight is 287 g/mol. The van der Waals surface area contributed by atoms with Gasteiger partial charge in [-0.15, -0.1) is 0 Å². The zero-order valence-corrected chi connectivity index (χ0v) is 13.4. The van der Waals surface area contributed by atoms with Crippen LogP contribution in [0.5, 0.6) is 0 Å². The summed E-state index contributed by atoms with van der Waals surface area (Å²) >= 11 is 0. The second-order valence-corrected chi connectivity index (χ2v) is 5.46. The molecule has 0 spiro atoms. The van der Waals surface area contributed by atoms with Gasteiger partial charge in [0.15, 0.2) is 0 Å².